The highest BCUT2D eigenvalue weighted by Gasteiger charge is 2.28. The zero-order valence-corrected chi connectivity index (χ0v) is 11.0. The Balaban J connectivity index is 1.86. The molecule has 0 fully saturated rings. The van der Waals surface area contributed by atoms with Crippen LogP contribution in [0.2, 0.25) is 0 Å². The molecule has 0 radical (unpaired) electrons. The number of fused-ring (bicyclic) bond motifs is 1. The standard InChI is InChI=1S/C17H17NO/c1-13(14-7-3-2-4-8-14)17(19)18-12-11-15-9-5-6-10-16(15)18/h2-10,13H,11-12H2,1H3/t13-/m0/s1. The van der Waals surface area contributed by atoms with E-state index in [2.05, 4.69) is 6.07 Å². The van der Waals surface area contributed by atoms with Crippen LogP contribution in [-0.4, -0.2) is 12.5 Å². The van der Waals surface area contributed by atoms with Gasteiger partial charge in [-0.15, -0.1) is 0 Å². The first-order chi connectivity index (χ1) is 9.27. The third kappa shape index (κ3) is 2.14. The summed E-state index contributed by atoms with van der Waals surface area (Å²) in [6.45, 7) is 2.79. The Labute approximate surface area is 113 Å². The zero-order valence-electron chi connectivity index (χ0n) is 11.0. The largest absolute Gasteiger partial charge is 0.311 e. The number of rotatable bonds is 2. The van der Waals surface area contributed by atoms with E-state index in [1.165, 1.54) is 5.56 Å². The van der Waals surface area contributed by atoms with Crippen molar-refractivity contribution in [2.45, 2.75) is 19.3 Å². The predicted molar refractivity (Wildman–Crippen MR) is 77.4 cm³/mol. The molecule has 96 valence electrons. The van der Waals surface area contributed by atoms with Crippen LogP contribution in [0.1, 0.15) is 24.0 Å². The molecule has 2 heteroatoms. The molecule has 1 aliphatic rings. The molecule has 3 rings (SSSR count). The molecule has 0 aromatic heterocycles. The Morgan fingerprint density at radius 2 is 1.74 bits per heavy atom. The first-order valence-electron chi connectivity index (χ1n) is 6.71. The molecule has 0 saturated heterocycles. The smallest absolute Gasteiger partial charge is 0.234 e. The maximum absolute atomic E-state index is 12.6. The summed E-state index contributed by atoms with van der Waals surface area (Å²) >= 11 is 0. The number of carbonyl (C=O) groups is 1. The predicted octanol–water partition coefficient (Wildman–Crippen LogP) is 3.38. The van der Waals surface area contributed by atoms with Crippen molar-refractivity contribution in [3.05, 3.63) is 65.7 Å². The van der Waals surface area contributed by atoms with Crippen molar-refractivity contribution >= 4 is 11.6 Å². The number of anilines is 1. The van der Waals surface area contributed by atoms with Gasteiger partial charge >= 0.3 is 0 Å². The number of carbonyl (C=O) groups excluding carboxylic acids is 1. The van der Waals surface area contributed by atoms with Crippen LogP contribution in [0.4, 0.5) is 5.69 Å². The van der Waals surface area contributed by atoms with Gasteiger partial charge in [0.05, 0.1) is 5.92 Å². The van der Waals surface area contributed by atoms with E-state index in [0.29, 0.717) is 0 Å². The Kier molecular flexibility index (Phi) is 3.08. The molecule has 0 aliphatic carbocycles. The highest BCUT2D eigenvalue weighted by Crippen LogP contribution is 2.30. The first-order valence-corrected chi connectivity index (χ1v) is 6.71. The molecule has 2 aromatic rings. The Hall–Kier alpha value is -2.09. The van der Waals surface area contributed by atoms with Crippen molar-refractivity contribution < 1.29 is 4.79 Å². The topological polar surface area (TPSA) is 20.3 Å². The quantitative estimate of drug-likeness (QED) is 0.801. The molecule has 0 spiro atoms. The summed E-state index contributed by atoms with van der Waals surface area (Å²) < 4.78 is 0. The van der Waals surface area contributed by atoms with Gasteiger partial charge in [0.1, 0.15) is 0 Å². The van der Waals surface area contributed by atoms with Gasteiger partial charge in [-0.25, -0.2) is 0 Å². The number of para-hydroxylation sites is 1. The summed E-state index contributed by atoms with van der Waals surface area (Å²) in [6, 6.07) is 18.2. The minimum absolute atomic E-state index is 0.0904. The fourth-order valence-corrected chi connectivity index (χ4v) is 2.69. The molecule has 1 amide bonds. The van der Waals surface area contributed by atoms with Crippen molar-refractivity contribution in [2.24, 2.45) is 0 Å². The van der Waals surface area contributed by atoms with Gasteiger partial charge in [-0.05, 0) is 30.5 Å². The lowest BCUT2D eigenvalue weighted by Gasteiger charge is -2.21. The number of nitrogens with zero attached hydrogens (tertiary/aromatic N) is 1. The maximum atomic E-state index is 12.6. The van der Waals surface area contributed by atoms with Crippen molar-refractivity contribution in [1.82, 2.24) is 0 Å². The van der Waals surface area contributed by atoms with Crippen LogP contribution >= 0.6 is 0 Å². The van der Waals surface area contributed by atoms with Crippen molar-refractivity contribution in [3.63, 3.8) is 0 Å². The minimum atomic E-state index is -0.0904. The SMILES string of the molecule is C[C@H](C(=O)N1CCc2ccccc21)c1ccccc1. The van der Waals surface area contributed by atoms with Crippen LogP contribution in [0.3, 0.4) is 0 Å². The van der Waals surface area contributed by atoms with E-state index >= 15 is 0 Å². The van der Waals surface area contributed by atoms with Crippen molar-refractivity contribution in [3.8, 4) is 0 Å². The van der Waals surface area contributed by atoms with Gasteiger partial charge < -0.3 is 4.90 Å². The van der Waals surface area contributed by atoms with Crippen LogP contribution in [0.15, 0.2) is 54.6 Å². The number of benzene rings is 2. The van der Waals surface area contributed by atoms with Gasteiger partial charge in [-0.3, -0.25) is 4.79 Å². The Morgan fingerprint density at radius 1 is 1.05 bits per heavy atom. The van der Waals surface area contributed by atoms with Crippen molar-refractivity contribution in [2.75, 3.05) is 11.4 Å². The number of hydrogen-bond donors (Lipinski definition) is 0. The fourth-order valence-electron chi connectivity index (χ4n) is 2.69. The third-order valence-corrected chi connectivity index (χ3v) is 3.82. The third-order valence-electron chi connectivity index (χ3n) is 3.82. The van der Waals surface area contributed by atoms with E-state index in [1.807, 2.05) is 60.4 Å². The summed E-state index contributed by atoms with van der Waals surface area (Å²) in [5, 5.41) is 0. The lowest BCUT2D eigenvalue weighted by atomic mass is 10.00. The lowest BCUT2D eigenvalue weighted by molar-refractivity contribution is -0.119. The summed E-state index contributed by atoms with van der Waals surface area (Å²) in [7, 11) is 0. The molecule has 0 bridgehead atoms. The second-order valence-electron chi connectivity index (χ2n) is 5.00. The monoisotopic (exact) mass is 251 g/mol. The Bertz CT molecular complexity index is 591. The van der Waals surface area contributed by atoms with Gasteiger partial charge in [0, 0.05) is 12.2 Å². The van der Waals surface area contributed by atoms with E-state index in [9.17, 15) is 4.79 Å². The van der Waals surface area contributed by atoms with E-state index in [-0.39, 0.29) is 11.8 Å². The van der Waals surface area contributed by atoms with Gasteiger partial charge in [0.2, 0.25) is 5.91 Å². The van der Waals surface area contributed by atoms with Gasteiger partial charge in [0.25, 0.3) is 0 Å². The van der Waals surface area contributed by atoms with Gasteiger partial charge in [-0.2, -0.15) is 0 Å². The molecule has 1 heterocycles. The van der Waals surface area contributed by atoms with Crippen LogP contribution < -0.4 is 4.90 Å². The molecule has 1 atom stereocenters. The minimum Gasteiger partial charge on any atom is -0.311 e. The average molecular weight is 251 g/mol. The van der Waals surface area contributed by atoms with Crippen LogP contribution in [0, 0.1) is 0 Å². The van der Waals surface area contributed by atoms with E-state index in [0.717, 1.165) is 24.2 Å². The molecule has 1 aliphatic heterocycles. The first kappa shape index (κ1) is 12.0. The van der Waals surface area contributed by atoms with Gasteiger partial charge in [0.15, 0.2) is 0 Å². The molecule has 0 saturated carbocycles. The van der Waals surface area contributed by atoms with Crippen molar-refractivity contribution in [1.29, 1.82) is 0 Å². The average Bonchev–Trinajstić information content (AvgIpc) is 2.90. The number of amides is 1. The Morgan fingerprint density at radius 3 is 2.53 bits per heavy atom. The molecule has 2 aromatic carbocycles. The maximum Gasteiger partial charge on any atom is 0.234 e. The van der Waals surface area contributed by atoms with E-state index in [4.69, 9.17) is 0 Å². The normalized spacial score (nSPS) is 15.1. The van der Waals surface area contributed by atoms with E-state index < -0.39 is 0 Å². The molecule has 0 N–H and O–H groups in total. The second-order valence-corrected chi connectivity index (χ2v) is 5.00. The second kappa shape index (κ2) is 4.88. The number of hydrogen-bond acceptors (Lipinski definition) is 1. The van der Waals surface area contributed by atoms with E-state index in [1.54, 1.807) is 0 Å². The lowest BCUT2D eigenvalue weighted by Crippen LogP contribution is -2.32. The molecule has 0 unspecified atom stereocenters. The van der Waals surface area contributed by atoms with Gasteiger partial charge in [-0.1, -0.05) is 48.5 Å². The molecule has 19 heavy (non-hydrogen) atoms. The van der Waals surface area contributed by atoms with Crippen LogP contribution in [0.25, 0.3) is 0 Å². The highest BCUT2D eigenvalue weighted by molar-refractivity contribution is 5.99. The van der Waals surface area contributed by atoms with Crippen LogP contribution in [-0.2, 0) is 11.2 Å². The summed E-state index contributed by atoms with van der Waals surface area (Å²) in [5.74, 6) is 0.100. The van der Waals surface area contributed by atoms with Crippen LogP contribution in [0.5, 0.6) is 0 Å². The fraction of sp³-hybridized carbons (Fsp3) is 0.235. The highest BCUT2D eigenvalue weighted by atomic mass is 16.2. The summed E-state index contributed by atoms with van der Waals surface area (Å²) in [4.78, 5) is 14.6. The zero-order chi connectivity index (χ0) is 13.2. The summed E-state index contributed by atoms with van der Waals surface area (Å²) in [6.07, 6.45) is 0.962. The molecular weight excluding hydrogens is 234 g/mol. The summed E-state index contributed by atoms with van der Waals surface area (Å²) in [5.41, 5.74) is 3.43. The molecular formula is C17H17NO. The molecule has 2 nitrogen and oxygen atoms in total.